The first-order valence-corrected chi connectivity index (χ1v) is 10.1. The highest BCUT2D eigenvalue weighted by atomic mass is 19.3. The lowest BCUT2D eigenvalue weighted by atomic mass is 9.90. The normalized spacial score (nSPS) is 25.1. The SMILES string of the molecule is Nc1c(F)c(N2C[C@@H]3[C@@H](C2)NCCC3(F)F)c(F)c2c1c(=O)c(C(=O)O)cn2C1CC1. The van der Waals surface area contributed by atoms with Crippen molar-refractivity contribution in [3.8, 4) is 0 Å². The van der Waals surface area contributed by atoms with E-state index in [9.17, 15) is 23.5 Å². The van der Waals surface area contributed by atoms with Crippen LogP contribution >= 0.6 is 0 Å². The molecule has 1 aromatic carbocycles. The fraction of sp³-hybridized carbons (Fsp3) is 0.500. The fourth-order valence-electron chi connectivity index (χ4n) is 4.85. The first-order valence-electron chi connectivity index (χ1n) is 10.1. The number of nitrogens with two attached hydrogens (primary N) is 1. The van der Waals surface area contributed by atoms with Crippen molar-refractivity contribution in [3.63, 3.8) is 0 Å². The summed E-state index contributed by atoms with van der Waals surface area (Å²) in [5.41, 5.74) is 2.64. The number of piperidine rings is 1. The van der Waals surface area contributed by atoms with Gasteiger partial charge in [0, 0.05) is 44.3 Å². The molecule has 3 aliphatic rings. The number of pyridine rings is 1. The Hall–Kier alpha value is -2.82. The summed E-state index contributed by atoms with van der Waals surface area (Å²) in [6.45, 7) is -0.212. The average Bonchev–Trinajstić information content (AvgIpc) is 3.44. The molecule has 3 heterocycles. The number of nitrogens with one attached hydrogen (secondary N) is 1. The standard InChI is InChI=1S/C20H20F4N4O3/c21-13-15(25)12-16(28(8-1-2-8)5-9(18(12)29)19(30)31)14(22)17(13)27-6-10-11(7-27)26-4-3-20(10,23)24/h5,8,10-11,26H,1-4,6-7,25H2,(H,30,31)/t10-,11-/m1/s1. The van der Waals surface area contributed by atoms with Crippen LogP contribution in [0, 0.1) is 17.6 Å². The Morgan fingerprint density at radius 2 is 1.94 bits per heavy atom. The van der Waals surface area contributed by atoms with Crippen LogP contribution in [0.4, 0.5) is 28.9 Å². The predicted molar refractivity (Wildman–Crippen MR) is 105 cm³/mol. The van der Waals surface area contributed by atoms with E-state index in [-0.39, 0.29) is 37.6 Å². The van der Waals surface area contributed by atoms with Gasteiger partial charge in [0.25, 0.3) is 5.92 Å². The molecule has 1 aromatic heterocycles. The van der Waals surface area contributed by atoms with Gasteiger partial charge in [-0.25, -0.2) is 22.4 Å². The van der Waals surface area contributed by atoms with Crippen molar-refractivity contribution >= 4 is 28.2 Å². The molecule has 2 atom stereocenters. The molecule has 0 bridgehead atoms. The van der Waals surface area contributed by atoms with Crippen molar-refractivity contribution in [1.29, 1.82) is 0 Å². The lowest BCUT2D eigenvalue weighted by molar-refractivity contribution is -0.0811. The van der Waals surface area contributed by atoms with Gasteiger partial charge in [0.1, 0.15) is 11.3 Å². The fourth-order valence-corrected chi connectivity index (χ4v) is 4.85. The van der Waals surface area contributed by atoms with Crippen LogP contribution in [0.3, 0.4) is 0 Å². The molecule has 166 valence electrons. The Labute approximate surface area is 173 Å². The van der Waals surface area contributed by atoms with Crippen LogP contribution in [0.25, 0.3) is 10.9 Å². The van der Waals surface area contributed by atoms with Crippen LogP contribution in [0.15, 0.2) is 11.0 Å². The minimum atomic E-state index is -2.97. The Kier molecular flexibility index (Phi) is 4.27. The lowest BCUT2D eigenvalue weighted by Crippen LogP contribution is -2.51. The van der Waals surface area contributed by atoms with Crippen LogP contribution in [0.2, 0.25) is 0 Å². The molecule has 0 radical (unpaired) electrons. The number of alkyl halides is 2. The number of nitrogens with zero attached hydrogens (tertiary/aromatic N) is 2. The van der Waals surface area contributed by atoms with Crippen LogP contribution in [0.5, 0.6) is 0 Å². The number of carboxylic acid groups (broad SMARTS) is 1. The highest BCUT2D eigenvalue weighted by molar-refractivity contribution is 5.99. The van der Waals surface area contributed by atoms with Gasteiger partial charge in [-0.15, -0.1) is 0 Å². The van der Waals surface area contributed by atoms with Crippen molar-refractivity contribution in [2.24, 2.45) is 5.92 Å². The van der Waals surface area contributed by atoms with E-state index < -0.39 is 63.2 Å². The summed E-state index contributed by atoms with van der Waals surface area (Å²) in [5, 5.41) is 11.8. The number of benzene rings is 1. The summed E-state index contributed by atoms with van der Waals surface area (Å²) >= 11 is 0. The molecule has 0 spiro atoms. The molecular formula is C20H20F4N4O3. The smallest absolute Gasteiger partial charge is 0.341 e. The number of halogens is 4. The molecule has 31 heavy (non-hydrogen) atoms. The molecule has 1 saturated carbocycles. The molecule has 0 unspecified atom stereocenters. The summed E-state index contributed by atoms with van der Waals surface area (Å²) in [4.78, 5) is 25.4. The minimum absolute atomic E-state index is 0.0418. The maximum absolute atomic E-state index is 15.7. The van der Waals surface area contributed by atoms with E-state index >= 15 is 8.78 Å². The maximum Gasteiger partial charge on any atom is 0.341 e. The number of fused-ring (bicyclic) bond motifs is 2. The monoisotopic (exact) mass is 440 g/mol. The molecule has 7 nitrogen and oxygen atoms in total. The van der Waals surface area contributed by atoms with Crippen molar-refractivity contribution in [1.82, 2.24) is 9.88 Å². The number of nitrogen functional groups attached to an aromatic ring is 1. The average molecular weight is 440 g/mol. The van der Waals surface area contributed by atoms with Crippen molar-refractivity contribution in [2.45, 2.75) is 37.3 Å². The van der Waals surface area contributed by atoms with E-state index in [2.05, 4.69) is 5.32 Å². The Morgan fingerprint density at radius 3 is 2.55 bits per heavy atom. The maximum atomic E-state index is 15.7. The summed E-state index contributed by atoms with van der Waals surface area (Å²) in [6.07, 6.45) is 1.96. The molecule has 5 rings (SSSR count). The highest BCUT2D eigenvalue weighted by Crippen LogP contribution is 2.44. The number of carboxylic acids is 1. The number of aromatic carboxylic acids is 1. The lowest BCUT2D eigenvalue weighted by Gasteiger charge is -2.33. The molecule has 11 heteroatoms. The Morgan fingerprint density at radius 1 is 1.23 bits per heavy atom. The topological polar surface area (TPSA) is 101 Å². The second-order valence-electron chi connectivity index (χ2n) is 8.51. The second kappa shape index (κ2) is 6.59. The van der Waals surface area contributed by atoms with E-state index in [1.165, 1.54) is 9.47 Å². The number of aromatic nitrogens is 1. The van der Waals surface area contributed by atoms with E-state index in [0.717, 1.165) is 6.20 Å². The van der Waals surface area contributed by atoms with Gasteiger partial charge in [0.15, 0.2) is 11.6 Å². The highest BCUT2D eigenvalue weighted by Gasteiger charge is 2.52. The van der Waals surface area contributed by atoms with Gasteiger partial charge in [0.05, 0.1) is 22.5 Å². The molecule has 0 amide bonds. The zero-order valence-corrected chi connectivity index (χ0v) is 16.3. The third kappa shape index (κ3) is 2.89. The van der Waals surface area contributed by atoms with Gasteiger partial charge in [-0.1, -0.05) is 0 Å². The first kappa shape index (κ1) is 20.1. The van der Waals surface area contributed by atoms with Crippen LogP contribution in [-0.4, -0.2) is 47.2 Å². The zero-order valence-electron chi connectivity index (χ0n) is 16.3. The van der Waals surface area contributed by atoms with Gasteiger partial charge < -0.3 is 25.6 Å². The number of carbonyl (C=O) groups is 1. The van der Waals surface area contributed by atoms with Crippen molar-refractivity contribution in [3.05, 3.63) is 33.6 Å². The third-order valence-electron chi connectivity index (χ3n) is 6.58. The largest absolute Gasteiger partial charge is 0.477 e. The van der Waals surface area contributed by atoms with E-state index in [1.807, 2.05) is 0 Å². The molecule has 2 saturated heterocycles. The second-order valence-corrected chi connectivity index (χ2v) is 8.51. The van der Waals surface area contributed by atoms with Crippen LogP contribution in [-0.2, 0) is 0 Å². The Bertz CT molecular complexity index is 1180. The number of hydrogen-bond donors (Lipinski definition) is 3. The van der Waals surface area contributed by atoms with Crippen molar-refractivity contribution in [2.75, 3.05) is 30.3 Å². The van der Waals surface area contributed by atoms with Gasteiger partial charge in [-0.2, -0.15) is 0 Å². The summed E-state index contributed by atoms with van der Waals surface area (Å²) in [6, 6.07) is -0.889. The minimum Gasteiger partial charge on any atom is -0.477 e. The number of hydrogen-bond acceptors (Lipinski definition) is 5. The van der Waals surface area contributed by atoms with Crippen LogP contribution < -0.4 is 21.4 Å². The van der Waals surface area contributed by atoms with E-state index in [4.69, 9.17) is 5.73 Å². The zero-order chi connectivity index (χ0) is 22.2. The van der Waals surface area contributed by atoms with Gasteiger partial charge >= 0.3 is 5.97 Å². The van der Waals surface area contributed by atoms with Gasteiger partial charge in [0.2, 0.25) is 5.43 Å². The quantitative estimate of drug-likeness (QED) is 0.501. The number of rotatable bonds is 3. The predicted octanol–water partition coefficient (Wildman–Crippen LogP) is 2.33. The Balaban J connectivity index is 1.73. The molecular weight excluding hydrogens is 420 g/mol. The van der Waals surface area contributed by atoms with Crippen molar-refractivity contribution < 1.29 is 27.5 Å². The molecule has 3 fully saturated rings. The molecule has 1 aliphatic carbocycles. The van der Waals surface area contributed by atoms with E-state index in [1.54, 1.807) is 0 Å². The first-order chi connectivity index (χ1) is 14.6. The summed E-state index contributed by atoms with van der Waals surface area (Å²) in [5.74, 6) is -7.94. The summed E-state index contributed by atoms with van der Waals surface area (Å²) in [7, 11) is 0. The van der Waals surface area contributed by atoms with E-state index in [0.29, 0.717) is 12.8 Å². The van der Waals surface area contributed by atoms with Gasteiger partial charge in [-0.05, 0) is 12.8 Å². The van der Waals surface area contributed by atoms with Crippen LogP contribution in [0.1, 0.15) is 35.7 Å². The summed E-state index contributed by atoms with van der Waals surface area (Å²) < 4.78 is 61.0. The number of anilines is 2. The van der Waals surface area contributed by atoms with Gasteiger partial charge in [-0.3, -0.25) is 4.79 Å². The molecule has 4 N–H and O–H groups in total. The molecule has 2 aromatic rings. The molecule has 2 aliphatic heterocycles. The third-order valence-corrected chi connectivity index (χ3v) is 6.58.